The summed E-state index contributed by atoms with van der Waals surface area (Å²) in [6.45, 7) is 2.97. The first-order valence-corrected chi connectivity index (χ1v) is 6.89. The predicted molar refractivity (Wildman–Crippen MR) is 71.5 cm³/mol. The van der Waals surface area contributed by atoms with Gasteiger partial charge in [-0.3, -0.25) is 14.0 Å². The van der Waals surface area contributed by atoms with Gasteiger partial charge >= 0.3 is 0 Å². The number of hydrogen-bond acceptors (Lipinski definition) is 5. The number of amides is 2. The van der Waals surface area contributed by atoms with Gasteiger partial charge in [0.25, 0.3) is 11.7 Å². The van der Waals surface area contributed by atoms with E-state index in [0.29, 0.717) is 25.3 Å². The summed E-state index contributed by atoms with van der Waals surface area (Å²) in [5.74, 6) is 0.803. The van der Waals surface area contributed by atoms with Crippen LogP contribution in [-0.4, -0.2) is 55.4 Å². The Bertz CT molecular complexity index is 738. The summed E-state index contributed by atoms with van der Waals surface area (Å²) < 4.78 is 1.60. The van der Waals surface area contributed by atoms with Gasteiger partial charge in [0.05, 0.1) is 6.04 Å². The van der Waals surface area contributed by atoms with Gasteiger partial charge in [-0.05, 0) is 13.0 Å². The van der Waals surface area contributed by atoms with Gasteiger partial charge < -0.3 is 10.2 Å². The van der Waals surface area contributed by atoms with Crippen LogP contribution in [0.2, 0.25) is 0 Å². The minimum absolute atomic E-state index is 0.0704. The maximum atomic E-state index is 12.6. The standard InChI is InChI=1S/C13H14N6O2/c1-7-2-3-19-11(16-17-13(19)14-7)12(21)18-5-8-4-10(20)15-9(8)6-18/h2-3,8-9H,4-6H2,1H3,(H,15,20)/t8-,9+/m0/s1. The quantitative estimate of drug-likeness (QED) is 0.755. The van der Waals surface area contributed by atoms with E-state index in [1.54, 1.807) is 15.5 Å². The molecule has 8 heteroatoms. The number of fused-ring (bicyclic) bond motifs is 2. The summed E-state index contributed by atoms with van der Waals surface area (Å²) >= 11 is 0. The molecule has 108 valence electrons. The first-order valence-electron chi connectivity index (χ1n) is 6.89. The zero-order chi connectivity index (χ0) is 14.6. The van der Waals surface area contributed by atoms with Gasteiger partial charge in [0, 0.05) is 37.3 Å². The lowest BCUT2D eigenvalue weighted by molar-refractivity contribution is -0.119. The molecular formula is C13H14N6O2. The second kappa shape index (κ2) is 4.24. The molecule has 2 saturated heterocycles. The Morgan fingerprint density at radius 3 is 3.05 bits per heavy atom. The Balaban J connectivity index is 1.61. The fourth-order valence-corrected chi connectivity index (χ4v) is 3.07. The molecule has 1 N–H and O–H groups in total. The van der Waals surface area contributed by atoms with Crippen molar-refractivity contribution in [3.63, 3.8) is 0 Å². The second-order valence-electron chi connectivity index (χ2n) is 5.61. The van der Waals surface area contributed by atoms with Gasteiger partial charge in [0.15, 0.2) is 0 Å². The number of aromatic nitrogens is 4. The SMILES string of the molecule is Cc1ccn2c(C(=O)N3C[C@@H]4CC(=O)N[C@@H]4C3)nnc2n1. The van der Waals surface area contributed by atoms with Crippen molar-refractivity contribution in [2.45, 2.75) is 19.4 Å². The monoisotopic (exact) mass is 286 g/mol. The molecule has 0 spiro atoms. The number of likely N-dealkylation sites (tertiary alicyclic amines) is 1. The third kappa shape index (κ3) is 1.86. The summed E-state index contributed by atoms with van der Waals surface area (Å²) in [4.78, 5) is 29.9. The smallest absolute Gasteiger partial charge is 0.292 e. The van der Waals surface area contributed by atoms with Crippen molar-refractivity contribution in [1.29, 1.82) is 0 Å². The van der Waals surface area contributed by atoms with Crippen LogP contribution in [0.1, 0.15) is 22.7 Å². The minimum Gasteiger partial charge on any atom is -0.351 e. The van der Waals surface area contributed by atoms with Crippen molar-refractivity contribution in [2.75, 3.05) is 13.1 Å². The maximum Gasteiger partial charge on any atom is 0.292 e. The van der Waals surface area contributed by atoms with E-state index in [0.717, 1.165) is 5.69 Å². The zero-order valence-electron chi connectivity index (χ0n) is 11.5. The number of carbonyl (C=O) groups is 2. The first kappa shape index (κ1) is 12.2. The fraction of sp³-hybridized carbons (Fsp3) is 0.462. The second-order valence-corrected chi connectivity index (χ2v) is 5.61. The Morgan fingerprint density at radius 2 is 2.24 bits per heavy atom. The van der Waals surface area contributed by atoms with Crippen LogP contribution >= 0.6 is 0 Å². The molecule has 0 saturated carbocycles. The van der Waals surface area contributed by atoms with Crippen molar-refractivity contribution in [1.82, 2.24) is 29.8 Å². The third-order valence-corrected chi connectivity index (χ3v) is 4.13. The molecule has 0 unspecified atom stereocenters. The van der Waals surface area contributed by atoms with Crippen LogP contribution in [-0.2, 0) is 4.79 Å². The Morgan fingerprint density at radius 1 is 1.38 bits per heavy atom. The highest BCUT2D eigenvalue weighted by Gasteiger charge is 2.42. The molecule has 0 aliphatic carbocycles. The predicted octanol–water partition coefficient (Wildman–Crippen LogP) is -0.607. The summed E-state index contributed by atoms with van der Waals surface area (Å²) in [5, 5.41) is 10.8. The molecule has 2 atom stereocenters. The molecule has 4 heterocycles. The highest BCUT2D eigenvalue weighted by molar-refractivity contribution is 5.92. The molecule has 8 nitrogen and oxygen atoms in total. The lowest BCUT2D eigenvalue weighted by atomic mass is 10.1. The molecule has 2 aliphatic heterocycles. The van der Waals surface area contributed by atoms with Gasteiger partial charge in [-0.25, -0.2) is 4.98 Å². The number of carbonyl (C=O) groups excluding carboxylic acids is 2. The van der Waals surface area contributed by atoms with Crippen LogP contribution in [0.15, 0.2) is 12.3 Å². The highest BCUT2D eigenvalue weighted by atomic mass is 16.2. The molecule has 2 aliphatic rings. The van der Waals surface area contributed by atoms with E-state index < -0.39 is 0 Å². The average Bonchev–Trinajstić information content (AvgIpc) is 3.09. The summed E-state index contributed by atoms with van der Waals surface area (Å²) in [6.07, 6.45) is 2.25. The van der Waals surface area contributed by atoms with Gasteiger partial charge in [-0.15, -0.1) is 10.2 Å². The zero-order valence-corrected chi connectivity index (χ0v) is 11.5. The molecular weight excluding hydrogens is 272 g/mol. The molecule has 2 aromatic heterocycles. The van der Waals surface area contributed by atoms with E-state index in [4.69, 9.17) is 0 Å². The highest BCUT2D eigenvalue weighted by Crippen LogP contribution is 2.26. The van der Waals surface area contributed by atoms with Crippen LogP contribution in [0.25, 0.3) is 5.78 Å². The molecule has 2 amide bonds. The van der Waals surface area contributed by atoms with E-state index in [1.807, 2.05) is 13.0 Å². The van der Waals surface area contributed by atoms with Gasteiger partial charge in [0.2, 0.25) is 11.7 Å². The van der Waals surface area contributed by atoms with Gasteiger partial charge in [-0.2, -0.15) is 0 Å². The molecule has 4 rings (SSSR count). The van der Waals surface area contributed by atoms with Gasteiger partial charge in [0.1, 0.15) is 0 Å². The van der Waals surface area contributed by atoms with Crippen molar-refractivity contribution in [3.05, 3.63) is 23.8 Å². The molecule has 2 aromatic rings. The Labute approximate surface area is 120 Å². The topological polar surface area (TPSA) is 92.5 Å². The van der Waals surface area contributed by atoms with Gasteiger partial charge in [-0.1, -0.05) is 0 Å². The minimum atomic E-state index is -0.170. The van der Waals surface area contributed by atoms with Crippen molar-refractivity contribution in [2.24, 2.45) is 5.92 Å². The van der Waals surface area contributed by atoms with E-state index in [9.17, 15) is 9.59 Å². The fourth-order valence-electron chi connectivity index (χ4n) is 3.07. The molecule has 21 heavy (non-hydrogen) atoms. The van der Waals surface area contributed by atoms with Crippen LogP contribution in [0.5, 0.6) is 0 Å². The van der Waals surface area contributed by atoms with Crippen molar-refractivity contribution < 1.29 is 9.59 Å². The number of nitrogens with one attached hydrogen (secondary N) is 1. The number of aryl methyl sites for hydroxylation is 1. The number of nitrogens with zero attached hydrogens (tertiary/aromatic N) is 5. The maximum absolute atomic E-state index is 12.6. The summed E-state index contributed by atoms with van der Waals surface area (Å²) in [5.41, 5.74) is 0.826. The molecule has 0 radical (unpaired) electrons. The third-order valence-electron chi connectivity index (χ3n) is 4.13. The summed E-state index contributed by atoms with van der Waals surface area (Å²) in [7, 11) is 0. The van der Waals surface area contributed by atoms with Crippen molar-refractivity contribution in [3.8, 4) is 0 Å². The molecule has 0 aromatic carbocycles. The molecule has 2 fully saturated rings. The van der Waals surface area contributed by atoms with E-state index in [1.165, 1.54) is 0 Å². The number of rotatable bonds is 1. The average molecular weight is 286 g/mol. The Hall–Kier alpha value is -2.51. The lowest BCUT2D eigenvalue weighted by Crippen LogP contribution is -2.36. The van der Waals surface area contributed by atoms with E-state index in [-0.39, 0.29) is 29.6 Å². The number of hydrogen-bond donors (Lipinski definition) is 1. The van der Waals surface area contributed by atoms with Crippen LogP contribution in [0, 0.1) is 12.8 Å². The largest absolute Gasteiger partial charge is 0.351 e. The van der Waals surface area contributed by atoms with Crippen molar-refractivity contribution >= 4 is 17.6 Å². The lowest BCUT2D eigenvalue weighted by Gasteiger charge is -2.15. The Kier molecular flexibility index (Phi) is 2.47. The van der Waals surface area contributed by atoms with Crippen LogP contribution in [0.3, 0.4) is 0 Å². The molecule has 0 bridgehead atoms. The normalized spacial score (nSPS) is 24.4. The van der Waals surface area contributed by atoms with Crippen LogP contribution in [0.4, 0.5) is 0 Å². The first-order chi connectivity index (χ1) is 10.1. The van der Waals surface area contributed by atoms with Crippen LogP contribution < -0.4 is 5.32 Å². The van der Waals surface area contributed by atoms with E-state index in [2.05, 4.69) is 20.5 Å². The summed E-state index contributed by atoms with van der Waals surface area (Å²) in [6, 6.07) is 1.88. The van der Waals surface area contributed by atoms with E-state index >= 15 is 0 Å².